The summed E-state index contributed by atoms with van der Waals surface area (Å²) >= 11 is 0. The highest BCUT2D eigenvalue weighted by Gasteiger charge is 2.11. The monoisotopic (exact) mass is 285 g/mol. The van der Waals surface area contributed by atoms with Gasteiger partial charge in [0, 0.05) is 0 Å². The molecule has 0 saturated carbocycles. The van der Waals surface area contributed by atoms with Gasteiger partial charge in [0.25, 0.3) is 5.78 Å². The van der Waals surface area contributed by atoms with E-state index in [9.17, 15) is 10.1 Å². The summed E-state index contributed by atoms with van der Waals surface area (Å²) in [6.45, 7) is 2.14. The molecule has 0 radical (unpaired) electrons. The summed E-state index contributed by atoms with van der Waals surface area (Å²) in [5, 5.41) is 14.8. The Labute approximate surface area is 119 Å². The van der Waals surface area contributed by atoms with Crippen molar-refractivity contribution in [1.82, 2.24) is 19.6 Å². The summed E-state index contributed by atoms with van der Waals surface area (Å²) in [6, 6.07) is 7.61. The lowest BCUT2D eigenvalue weighted by Crippen LogP contribution is -1.98. The third kappa shape index (κ3) is 2.78. The van der Waals surface area contributed by atoms with Crippen molar-refractivity contribution in [2.24, 2.45) is 0 Å². The zero-order valence-electron chi connectivity index (χ0n) is 11.1. The summed E-state index contributed by atoms with van der Waals surface area (Å²) < 4.78 is 6.85. The summed E-state index contributed by atoms with van der Waals surface area (Å²) in [6.07, 6.45) is 2.42. The second-order valence-corrected chi connectivity index (χ2v) is 4.45. The molecule has 21 heavy (non-hydrogen) atoms. The van der Waals surface area contributed by atoms with Gasteiger partial charge in [-0.3, -0.25) is 10.1 Å². The Morgan fingerprint density at radius 1 is 1.43 bits per heavy atom. The van der Waals surface area contributed by atoms with Gasteiger partial charge in [-0.1, -0.05) is 12.1 Å². The normalized spacial score (nSPS) is 10.7. The second-order valence-electron chi connectivity index (χ2n) is 4.45. The molecule has 1 aromatic carbocycles. The highest BCUT2D eigenvalue weighted by Crippen LogP contribution is 2.14. The number of aromatic nitrogens is 4. The summed E-state index contributed by atoms with van der Waals surface area (Å²) in [5.41, 5.74) is 0.950. The van der Waals surface area contributed by atoms with E-state index in [4.69, 9.17) is 4.74 Å². The highest BCUT2D eigenvalue weighted by molar-refractivity contribution is 5.33. The van der Waals surface area contributed by atoms with Gasteiger partial charge in [0.15, 0.2) is 5.82 Å². The number of hydrogen-bond acceptors (Lipinski definition) is 6. The molecule has 8 heteroatoms. The molecule has 0 aliphatic rings. The van der Waals surface area contributed by atoms with Crippen LogP contribution in [0.4, 0.5) is 5.69 Å². The molecule has 3 aromatic rings. The molecular formula is C13H11N5O3. The van der Waals surface area contributed by atoms with Crippen molar-refractivity contribution >= 4 is 11.5 Å². The minimum Gasteiger partial charge on any atom is -0.486 e. The van der Waals surface area contributed by atoms with Crippen molar-refractivity contribution in [3.8, 4) is 5.75 Å². The second kappa shape index (κ2) is 5.16. The van der Waals surface area contributed by atoms with Crippen LogP contribution >= 0.6 is 0 Å². The van der Waals surface area contributed by atoms with E-state index < -0.39 is 4.92 Å². The Balaban J connectivity index is 1.80. The van der Waals surface area contributed by atoms with Gasteiger partial charge in [-0.15, -0.1) is 5.10 Å². The fraction of sp³-hybridized carbons (Fsp3) is 0.154. The lowest BCUT2D eigenvalue weighted by molar-refractivity contribution is -0.385. The number of nitro groups is 1. The Morgan fingerprint density at radius 2 is 2.29 bits per heavy atom. The first-order chi connectivity index (χ1) is 10.1. The molecule has 106 valence electrons. The van der Waals surface area contributed by atoms with E-state index in [1.165, 1.54) is 10.7 Å². The van der Waals surface area contributed by atoms with E-state index in [1.54, 1.807) is 0 Å². The van der Waals surface area contributed by atoms with Crippen molar-refractivity contribution in [2.45, 2.75) is 13.5 Å². The molecule has 0 aliphatic carbocycles. The molecule has 0 N–H and O–H groups in total. The van der Waals surface area contributed by atoms with Crippen LogP contribution < -0.4 is 4.74 Å². The third-order valence-corrected chi connectivity index (χ3v) is 2.79. The predicted molar refractivity (Wildman–Crippen MR) is 72.9 cm³/mol. The van der Waals surface area contributed by atoms with E-state index in [0.717, 1.165) is 11.8 Å². The van der Waals surface area contributed by atoms with Crippen LogP contribution in [-0.4, -0.2) is 24.5 Å². The maximum Gasteiger partial charge on any atom is 0.305 e. The maximum atomic E-state index is 10.7. The average molecular weight is 285 g/mol. The van der Waals surface area contributed by atoms with Gasteiger partial charge in [-0.25, -0.2) is 4.98 Å². The Morgan fingerprint density at radius 3 is 3.05 bits per heavy atom. The van der Waals surface area contributed by atoms with Gasteiger partial charge in [-0.05, 0) is 24.6 Å². The number of aryl methyl sites for hydroxylation is 1. The van der Waals surface area contributed by atoms with Crippen LogP contribution in [0.1, 0.15) is 11.4 Å². The summed E-state index contributed by atoms with van der Waals surface area (Å²) in [7, 11) is 0. The number of benzene rings is 1. The van der Waals surface area contributed by atoms with Gasteiger partial charge < -0.3 is 4.74 Å². The van der Waals surface area contributed by atoms with Crippen LogP contribution in [0.3, 0.4) is 0 Å². The fourth-order valence-electron chi connectivity index (χ4n) is 1.82. The first kappa shape index (κ1) is 13.0. The molecule has 3 rings (SSSR count). The molecule has 2 aromatic heterocycles. The maximum absolute atomic E-state index is 10.7. The van der Waals surface area contributed by atoms with Crippen LogP contribution in [0, 0.1) is 17.0 Å². The standard InChI is InChI=1S/C13H11N5O3/c1-9-3-2-4-11(5-9)21-8-12-15-13-14-6-10(18(19)20)7-17(13)16-12/h2-7H,8H2,1H3. The van der Waals surface area contributed by atoms with Crippen LogP contribution in [0.15, 0.2) is 36.7 Å². The Kier molecular flexibility index (Phi) is 3.19. The van der Waals surface area contributed by atoms with Gasteiger partial charge in [-0.2, -0.15) is 9.50 Å². The summed E-state index contributed by atoms with van der Waals surface area (Å²) in [5.74, 6) is 1.42. The third-order valence-electron chi connectivity index (χ3n) is 2.79. The highest BCUT2D eigenvalue weighted by atomic mass is 16.6. The van der Waals surface area contributed by atoms with Crippen molar-refractivity contribution in [3.05, 3.63) is 58.2 Å². The van der Waals surface area contributed by atoms with Crippen LogP contribution in [0.2, 0.25) is 0 Å². The van der Waals surface area contributed by atoms with Crippen molar-refractivity contribution in [2.75, 3.05) is 0 Å². The summed E-state index contributed by atoms with van der Waals surface area (Å²) in [4.78, 5) is 18.2. The first-order valence-electron chi connectivity index (χ1n) is 6.17. The van der Waals surface area contributed by atoms with Crippen LogP contribution in [0.5, 0.6) is 5.75 Å². The van der Waals surface area contributed by atoms with Gasteiger partial charge in [0.1, 0.15) is 24.8 Å². The Bertz CT molecular complexity index is 814. The van der Waals surface area contributed by atoms with Gasteiger partial charge in [0.05, 0.1) is 4.92 Å². The average Bonchev–Trinajstić information content (AvgIpc) is 2.87. The largest absolute Gasteiger partial charge is 0.486 e. The van der Waals surface area contributed by atoms with Crippen molar-refractivity contribution < 1.29 is 9.66 Å². The van der Waals surface area contributed by atoms with Gasteiger partial charge >= 0.3 is 5.69 Å². The van der Waals surface area contributed by atoms with Crippen molar-refractivity contribution in [1.29, 1.82) is 0 Å². The van der Waals surface area contributed by atoms with E-state index in [2.05, 4.69) is 15.1 Å². The molecular weight excluding hydrogens is 274 g/mol. The molecule has 0 spiro atoms. The molecule has 0 amide bonds. The quantitative estimate of drug-likeness (QED) is 0.536. The zero-order chi connectivity index (χ0) is 14.8. The molecule has 2 heterocycles. The van der Waals surface area contributed by atoms with E-state index in [1.807, 2.05) is 31.2 Å². The first-order valence-corrected chi connectivity index (χ1v) is 6.17. The van der Waals surface area contributed by atoms with Crippen LogP contribution in [0.25, 0.3) is 5.78 Å². The lowest BCUT2D eigenvalue weighted by atomic mass is 10.2. The number of nitrogens with zero attached hydrogens (tertiary/aromatic N) is 5. The van der Waals surface area contributed by atoms with E-state index in [0.29, 0.717) is 17.4 Å². The molecule has 0 fully saturated rings. The molecule has 0 aliphatic heterocycles. The van der Waals surface area contributed by atoms with Gasteiger partial charge in [0.2, 0.25) is 0 Å². The Hall–Kier alpha value is -3.03. The lowest BCUT2D eigenvalue weighted by Gasteiger charge is -2.03. The molecule has 0 unspecified atom stereocenters. The van der Waals surface area contributed by atoms with E-state index >= 15 is 0 Å². The SMILES string of the molecule is Cc1cccc(OCc2nc3ncc([N+](=O)[O-])cn3n2)c1. The molecule has 0 atom stereocenters. The minimum atomic E-state index is -0.531. The topological polar surface area (TPSA) is 95.5 Å². The minimum absolute atomic E-state index is 0.140. The zero-order valence-corrected chi connectivity index (χ0v) is 11.1. The number of fused-ring (bicyclic) bond motifs is 1. The molecule has 0 saturated heterocycles. The fourth-order valence-corrected chi connectivity index (χ4v) is 1.82. The number of hydrogen-bond donors (Lipinski definition) is 0. The number of ether oxygens (including phenoxy) is 1. The molecule has 8 nitrogen and oxygen atoms in total. The molecule has 0 bridgehead atoms. The smallest absolute Gasteiger partial charge is 0.305 e. The van der Waals surface area contributed by atoms with Crippen LogP contribution in [-0.2, 0) is 6.61 Å². The van der Waals surface area contributed by atoms with E-state index in [-0.39, 0.29) is 12.3 Å². The van der Waals surface area contributed by atoms with Crippen molar-refractivity contribution in [3.63, 3.8) is 0 Å². The number of rotatable bonds is 4. The predicted octanol–water partition coefficient (Wildman–Crippen LogP) is 1.92.